The van der Waals surface area contributed by atoms with Crippen molar-refractivity contribution in [2.24, 2.45) is 0 Å². The van der Waals surface area contributed by atoms with Crippen LogP contribution in [0.3, 0.4) is 0 Å². The minimum absolute atomic E-state index is 0.0190. The molecule has 2 aromatic heterocycles. The van der Waals surface area contributed by atoms with Gasteiger partial charge in [-0.2, -0.15) is 0 Å². The summed E-state index contributed by atoms with van der Waals surface area (Å²) in [4.78, 5) is 20.7. The summed E-state index contributed by atoms with van der Waals surface area (Å²) in [6.45, 7) is 9.60. The van der Waals surface area contributed by atoms with E-state index in [2.05, 4.69) is 40.9 Å². The van der Waals surface area contributed by atoms with Gasteiger partial charge in [-0.25, -0.2) is 0 Å². The maximum absolute atomic E-state index is 12.6. The third kappa shape index (κ3) is 3.72. The lowest BCUT2D eigenvalue weighted by molar-refractivity contribution is 0.0767. The maximum atomic E-state index is 12.6. The summed E-state index contributed by atoms with van der Waals surface area (Å²) in [5.74, 6) is 0.0758. The number of pyridine rings is 1. The number of hydrogen-bond acceptors (Lipinski definition) is 6. The van der Waals surface area contributed by atoms with Crippen LogP contribution in [0.2, 0.25) is 0 Å². The van der Waals surface area contributed by atoms with Crippen LogP contribution in [-0.2, 0) is 5.41 Å². The molecule has 0 saturated carbocycles. The van der Waals surface area contributed by atoms with Crippen molar-refractivity contribution < 1.29 is 4.79 Å². The van der Waals surface area contributed by atoms with Gasteiger partial charge in [0.15, 0.2) is 0 Å². The number of amides is 1. The summed E-state index contributed by atoms with van der Waals surface area (Å²) in [5, 5.41) is 10.7. The number of nitrogens with zero attached hydrogens (tertiary/aromatic N) is 5. The van der Waals surface area contributed by atoms with Gasteiger partial charge in [0.2, 0.25) is 5.13 Å². The van der Waals surface area contributed by atoms with Crippen molar-refractivity contribution in [2.45, 2.75) is 32.6 Å². The molecule has 0 aliphatic carbocycles. The second-order valence-electron chi connectivity index (χ2n) is 7.01. The average Bonchev–Trinajstić information content (AvgIpc) is 2.94. The second-order valence-corrected chi connectivity index (χ2v) is 7.96. The molecular formula is C17H23N5OS. The zero-order valence-electron chi connectivity index (χ0n) is 14.4. The van der Waals surface area contributed by atoms with Crippen LogP contribution in [0.5, 0.6) is 0 Å². The van der Waals surface area contributed by atoms with E-state index in [1.165, 1.54) is 0 Å². The first-order chi connectivity index (χ1) is 11.4. The minimum Gasteiger partial charge on any atom is -0.345 e. The highest BCUT2D eigenvalue weighted by Gasteiger charge is 2.24. The Kier molecular flexibility index (Phi) is 4.80. The molecule has 0 N–H and O–H groups in total. The Bertz CT molecular complexity index is 695. The fourth-order valence-corrected chi connectivity index (χ4v) is 3.59. The van der Waals surface area contributed by atoms with Crippen LogP contribution in [-0.4, -0.2) is 52.2 Å². The summed E-state index contributed by atoms with van der Waals surface area (Å²) in [6, 6.07) is 3.54. The predicted molar refractivity (Wildman–Crippen MR) is 95.6 cm³/mol. The Morgan fingerprint density at radius 1 is 1.08 bits per heavy atom. The van der Waals surface area contributed by atoms with Crippen LogP contribution in [0.15, 0.2) is 24.5 Å². The molecule has 1 fully saturated rings. The summed E-state index contributed by atoms with van der Waals surface area (Å²) in [6.07, 6.45) is 4.25. The highest BCUT2D eigenvalue weighted by atomic mass is 32.1. The van der Waals surface area contributed by atoms with Crippen molar-refractivity contribution in [2.75, 3.05) is 31.1 Å². The quantitative estimate of drug-likeness (QED) is 0.837. The van der Waals surface area contributed by atoms with Gasteiger partial charge in [0.1, 0.15) is 5.01 Å². The summed E-state index contributed by atoms with van der Waals surface area (Å²) in [5.41, 5.74) is 0.717. The molecule has 2 aromatic rings. The molecule has 6 nitrogen and oxygen atoms in total. The Morgan fingerprint density at radius 3 is 2.50 bits per heavy atom. The van der Waals surface area contributed by atoms with Gasteiger partial charge in [-0.1, -0.05) is 32.1 Å². The third-order valence-corrected chi connectivity index (χ3v) is 5.45. The van der Waals surface area contributed by atoms with Crippen molar-refractivity contribution in [3.05, 3.63) is 35.1 Å². The van der Waals surface area contributed by atoms with Crippen LogP contribution in [0.4, 0.5) is 5.13 Å². The van der Waals surface area contributed by atoms with E-state index in [0.29, 0.717) is 12.1 Å². The zero-order valence-corrected chi connectivity index (χ0v) is 15.2. The van der Waals surface area contributed by atoms with Crippen molar-refractivity contribution in [1.29, 1.82) is 0 Å². The molecule has 0 spiro atoms. The molecule has 0 unspecified atom stereocenters. The van der Waals surface area contributed by atoms with Crippen molar-refractivity contribution in [3.63, 3.8) is 0 Å². The number of anilines is 1. The SMILES string of the molecule is CC(C)(C)c1nnc(N2CCCN(C(=O)c3ccncc3)CC2)s1. The number of hydrogen-bond donors (Lipinski definition) is 0. The molecule has 3 heterocycles. The van der Waals surface area contributed by atoms with Gasteiger partial charge in [-0.15, -0.1) is 10.2 Å². The van der Waals surface area contributed by atoms with Crippen molar-refractivity contribution in [3.8, 4) is 0 Å². The smallest absolute Gasteiger partial charge is 0.254 e. The molecule has 24 heavy (non-hydrogen) atoms. The Labute approximate surface area is 146 Å². The highest BCUT2D eigenvalue weighted by molar-refractivity contribution is 7.15. The summed E-state index contributed by atoms with van der Waals surface area (Å²) in [7, 11) is 0. The van der Waals surface area contributed by atoms with E-state index in [1.54, 1.807) is 35.9 Å². The molecule has 128 valence electrons. The first-order valence-corrected chi connectivity index (χ1v) is 9.05. The van der Waals surface area contributed by atoms with Crippen LogP contribution in [0.25, 0.3) is 0 Å². The van der Waals surface area contributed by atoms with E-state index >= 15 is 0 Å². The van der Waals surface area contributed by atoms with E-state index in [0.717, 1.165) is 36.2 Å². The summed E-state index contributed by atoms with van der Waals surface area (Å²) >= 11 is 1.65. The Balaban J connectivity index is 1.67. The van der Waals surface area contributed by atoms with Gasteiger partial charge in [-0.05, 0) is 18.6 Å². The van der Waals surface area contributed by atoms with Crippen LogP contribution in [0, 0.1) is 0 Å². The third-order valence-electron chi connectivity index (χ3n) is 4.04. The van der Waals surface area contributed by atoms with Crippen LogP contribution >= 0.6 is 11.3 Å². The largest absolute Gasteiger partial charge is 0.345 e. The van der Waals surface area contributed by atoms with Gasteiger partial charge in [0, 0.05) is 49.6 Å². The number of aromatic nitrogens is 3. The van der Waals surface area contributed by atoms with Gasteiger partial charge in [-0.3, -0.25) is 9.78 Å². The number of rotatable bonds is 2. The number of carbonyl (C=O) groups is 1. The lowest BCUT2D eigenvalue weighted by atomic mass is 9.98. The van der Waals surface area contributed by atoms with Crippen LogP contribution in [0.1, 0.15) is 42.6 Å². The zero-order chi connectivity index (χ0) is 17.2. The molecule has 0 radical (unpaired) electrons. The molecular weight excluding hydrogens is 322 g/mol. The minimum atomic E-state index is 0.0190. The van der Waals surface area contributed by atoms with Gasteiger partial charge in [0.25, 0.3) is 5.91 Å². The molecule has 3 rings (SSSR count). The van der Waals surface area contributed by atoms with E-state index in [4.69, 9.17) is 0 Å². The highest BCUT2D eigenvalue weighted by Crippen LogP contribution is 2.30. The molecule has 0 atom stereocenters. The van der Waals surface area contributed by atoms with Gasteiger partial charge < -0.3 is 9.80 Å². The molecule has 1 saturated heterocycles. The first kappa shape index (κ1) is 16.8. The maximum Gasteiger partial charge on any atom is 0.254 e. The van der Waals surface area contributed by atoms with E-state index in [-0.39, 0.29) is 11.3 Å². The molecule has 0 bridgehead atoms. The average molecular weight is 345 g/mol. The summed E-state index contributed by atoms with van der Waals surface area (Å²) < 4.78 is 0. The number of carbonyl (C=O) groups excluding carboxylic acids is 1. The van der Waals surface area contributed by atoms with Crippen molar-refractivity contribution >= 4 is 22.4 Å². The molecule has 1 amide bonds. The fraction of sp³-hybridized carbons (Fsp3) is 0.529. The molecule has 0 aromatic carbocycles. The van der Waals surface area contributed by atoms with E-state index < -0.39 is 0 Å². The first-order valence-electron chi connectivity index (χ1n) is 8.23. The lowest BCUT2D eigenvalue weighted by Gasteiger charge is -2.21. The molecule has 1 aliphatic heterocycles. The lowest BCUT2D eigenvalue weighted by Crippen LogP contribution is -2.35. The predicted octanol–water partition coefficient (Wildman–Crippen LogP) is 2.58. The fourth-order valence-electron chi connectivity index (χ4n) is 2.64. The van der Waals surface area contributed by atoms with Crippen molar-refractivity contribution in [1.82, 2.24) is 20.1 Å². The second kappa shape index (κ2) is 6.84. The van der Waals surface area contributed by atoms with Gasteiger partial charge in [0.05, 0.1) is 0 Å². The van der Waals surface area contributed by atoms with Gasteiger partial charge >= 0.3 is 0 Å². The molecule has 1 aliphatic rings. The normalized spacial score (nSPS) is 16.1. The van der Waals surface area contributed by atoms with E-state index in [1.807, 2.05) is 4.90 Å². The standard InChI is InChI=1S/C17H23N5OS/c1-17(2,3)15-19-20-16(24-15)22-10-4-9-21(11-12-22)14(23)13-5-7-18-8-6-13/h5-8H,4,9-12H2,1-3H3. The molecule has 7 heteroatoms. The Hall–Kier alpha value is -2.02. The van der Waals surface area contributed by atoms with Crippen LogP contribution < -0.4 is 4.90 Å². The monoisotopic (exact) mass is 345 g/mol. The topological polar surface area (TPSA) is 62.2 Å². The Morgan fingerprint density at radius 2 is 1.83 bits per heavy atom. The van der Waals surface area contributed by atoms with E-state index in [9.17, 15) is 4.79 Å².